The van der Waals surface area contributed by atoms with Gasteiger partial charge in [-0.2, -0.15) is 0 Å². The highest BCUT2D eigenvalue weighted by Gasteiger charge is 2.29. The number of benzene rings is 14. The van der Waals surface area contributed by atoms with Crippen molar-refractivity contribution in [2.45, 2.75) is 0 Å². The average Bonchev–Trinajstić information content (AvgIpc) is 1.53. The van der Waals surface area contributed by atoms with Crippen molar-refractivity contribution >= 4 is 235 Å². The van der Waals surface area contributed by atoms with E-state index in [-0.39, 0.29) is 0 Å². The molecule has 14 aromatic carbocycles. The highest BCUT2D eigenvalue weighted by atomic mass is 32.1. The molecule has 24 rings (SSSR count). The monoisotopic (exact) mass is 1350 g/mol. The van der Waals surface area contributed by atoms with Gasteiger partial charge in [-0.15, -0.1) is 45.3 Å². The fraction of sp³-hybridized carbons (Fsp3) is 0. The van der Waals surface area contributed by atoms with Gasteiger partial charge in [0.25, 0.3) is 0 Å². The van der Waals surface area contributed by atoms with Crippen LogP contribution >= 0.6 is 45.3 Å². The van der Waals surface area contributed by atoms with Crippen molar-refractivity contribution in [1.29, 1.82) is 0 Å². The predicted molar refractivity (Wildman–Crippen MR) is 425 cm³/mol. The van der Waals surface area contributed by atoms with E-state index in [2.05, 4.69) is 264 Å². The van der Waals surface area contributed by atoms with E-state index < -0.39 is 0 Å². The van der Waals surface area contributed by atoms with Crippen LogP contribution < -0.4 is 0 Å². The van der Waals surface area contributed by atoms with E-state index in [1.54, 1.807) is 22.7 Å². The molecule has 0 bridgehead atoms. The van der Waals surface area contributed by atoms with Gasteiger partial charge in [0.1, 0.15) is 32.0 Å². The van der Waals surface area contributed by atoms with E-state index in [9.17, 15) is 0 Å². The van der Waals surface area contributed by atoms with Crippen LogP contribution in [0.25, 0.3) is 224 Å². The van der Waals surface area contributed by atoms with Gasteiger partial charge < -0.3 is 8.83 Å². The zero-order valence-electron chi connectivity index (χ0n) is 52.7. The lowest BCUT2D eigenvalue weighted by Crippen LogP contribution is -2.03. The summed E-state index contributed by atoms with van der Waals surface area (Å²) in [7, 11) is 0. The second-order valence-corrected chi connectivity index (χ2v) is 29.9. The summed E-state index contributed by atoms with van der Waals surface area (Å²) >= 11 is 7.20. The molecule has 8 nitrogen and oxygen atoms in total. The minimum Gasteiger partial charge on any atom is -0.456 e. The van der Waals surface area contributed by atoms with E-state index in [0.717, 1.165) is 114 Å². The third-order valence-corrected chi connectivity index (χ3v) is 25.0. The summed E-state index contributed by atoms with van der Waals surface area (Å²) in [5.74, 6) is 1.33. The molecule has 10 heterocycles. The van der Waals surface area contributed by atoms with Crippen LogP contribution in [-0.4, -0.2) is 29.1 Å². The van der Waals surface area contributed by atoms with Gasteiger partial charge >= 0.3 is 0 Å². The van der Waals surface area contributed by atoms with E-state index >= 15 is 0 Å². The standard InChI is InChI=1S/2C44H23N3OS2/c1-2-14-27-25(13-1)40-36(37-29-16-5-9-22-34(29)49-42(27)37)28-15-3-7-20-32(28)47(40)44-45-39(38-30-17-6-10-23-35(30)50-43(38)46-44)31-19-11-18-26-24-12-4-8-21-33(24)48-41(26)31;1-2-13-27-26(12-1)41-37(38-29-15-5-9-19-35(29)49-42(27)38)28-14-3-7-17-32(28)47(41)44-45-40(39-30-16-6-10-20-36(30)50-43(39)46-44)24-21-22-34-31(23-24)25-11-4-8-18-33(25)48-34/h2*1-23H. The molecule has 24 aromatic rings. The van der Waals surface area contributed by atoms with Crippen LogP contribution in [0.1, 0.15) is 0 Å². The highest BCUT2D eigenvalue weighted by molar-refractivity contribution is 7.28. The number of para-hydroxylation sites is 5. The Balaban J connectivity index is 0.000000124. The van der Waals surface area contributed by atoms with Crippen LogP contribution in [0.2, 0.25) is 0 Å². The smallest absolute Gasteiger partial charge is 0.236 e. The molecule has 0 radical (unpaired) electrons. The Morgan fingerprint density at radius 3 is 1.19 bits per heavy atom. The predicted octanol–water partition coefficient (Wildman–Crippen LogP) is 26.1. The summed E-state index contributed by atoms with van der Waals surface area (Å²) in [6, 6.07) is 99.2. The summed E-state index contributed by atoms with van der Waals surface area (Å²) in [5.41, 5.74) is 11.7. The Labute approximate surface area is 582 Å². The maximum atomic E-state index is 6.62. The van der Waals surface area contributed by atoms with Crippen molar-refractivity contribution in [2.75, 3.05) is 0 Å². The number of rotatable bonds is 4. The van der Waals surface area contributed by atoms with Crippen LogP contribution in [0.3, 0.4) is 0 Å². The number of fused-ring (bicyclic) bond motifs is 32. The summed E-state index contributed by atoms with van der Waals surface area (Å²) in [6.45, 7) is 0. The molecule has 464 valence electrons. The van der Waals surface area contributed by atoms with Crippen molar-refractivity contribution in [3.63, 3.8) is 0 Å². The Morgan fingerprint density at radius 2 is 0.650 bits per heavy atom. The van der Waals surface area contributed by atoms with Crippen LogP contribution in [0.4, 0.5) is 0 Å². The van der Waals surface area contributed by atoms with Crippen LogP contribution in [0.15, 0.2) is 288 Å². The molecule has 0 fully saturated rings. The first-order valence-electron chi connectivity index (χ1n) is 33.3. The zero-order valence-corrected chi connectivity index (χ0v) is 56.0. The Hall–Kier alpha value is -12.2. The van der Waals surface area contributed by atoms with Gasteiger partial charge in [0.2, 0.25) is 11.9 Å². The van der Waals surface area contributed by atoms with Crippen molar-refractivity contribution in [1.82, 2.24) is 29.1 Å². The molecule has 0 aliphatic rings. The Morgan fingerprint density at radius 1 is 0.260 bits per heavy atom. The summed E-state index contributed by atoms with van der Waals surface area (Å²) in [4.78, 5) is 24.0. The van der Waals surface area contributed by atoms with E-state index in [4.69, 9.17) is 28.8 Å². The van der Waals surface area contributed by atoms with Crippen molar-refractivity contribution in [2.24, 2.45) is 0 Å². The second-order valence-electron chi connectivity index (χ2n) is 25.7. The maximum Gasteiger partial charge on any atom is 0.236 e. The Kier molecular flexibility index (Phi) is 11.4. The van der Waals surface area contributed by atoms with Gasteiger partial charge in [0.15, 0.2) is 0 Å². The quantitative estimate of drug-likeness (QED) is 0.174. The molecule has 0 aliphatic carbocycles. The molecule has 0 aliphatic heterocycles. The molecule has 0 amide bonds. The maximum absolute atomic E-state index is 6.62. The van der Waals surface area contributed by atoms with Gasteiger partial charge in [-0.05, 0) is 72.8 Å². The number of nitrogens with zero attached hydrogens (tertiary/aromatic N) is 6. The van der Waals surface area contributed by atoms with Gasteiger partial charge in [0, 0.05) is 147 Å². The molecule has 0 saturated carbocycles. The molecule has 0 unspecified atom stereocenters. The first-order chi connectivity index (χ1) is 49.6. The van der Waals surface area contributed by atoms with E-state index in [1.807, 2.05) is 46.9 Å². The number of hydrogen-bond donors (Lipinski definition) is 0. The van der Waals surface area contributed by atoms with Crippen molar-refractivity contribution in [3.05, 3.63) is 279 Å². The molecular formula is C88H46N6O2S4. The third kappa shape index (κ3) is 7.62. The first kappa shape index (κ1) is 54.9. The van der Waals surface area contributed by atoms with Gasteiger partial charge in [0.05, 0.1) is 33.5 Å². The lowest BCUT2D eigenvalue weighted by molar-refractivity contribution is 0.669. The zero-order chi connectivity index (χ0) is 65.0. The fourth-order valence-corrected chi connectivity index (χ4v) is 20.9. The summed E-state index contributed by atoms with van der Waals surface area (Å²) in [5, 5.41) is 23.8. The third-order valence-electron chi connectivity index (χ3n) is 20.5. The molecule has 100 heavy (non-hydrogen) atoms. The fourth-order valence-electron chi connectivity index (χ4n) is 16.3. The number of furan rings is 2. The minimum atomic E-state index is 0.655. The summed E-state index contributed by atoms with van der Waals surface area (Å²) < 4.78 is 25.1. The minimum absolute atomic E-state index is 0.655. The molecule has 0 N–H and O–H groups in total. The van der Waals surface area contributed by atoms with Crippen molar-refractivity contribution < 1.29 is 8.83 Å². The number of thiophene rings is 4. The Bertz CT molecular complexity index is 7700. The number of hydrogen-bond acceptors (Lipinski definition) is 10. The number of aromatic nitrogens is 6. The lowest BCUT2D eigenvalue weighted by atomic mass is 10.00. The largest absolute Gasteiger partial charge is 0.456 e. The molecule has 0 atom stereocenters. The SMILES string of the molecule is c1ccc2c(c1)oc1c(-c3nc(-n4c5ccccc5c5c6c7ccccc7sc6c6ccccc6c54)nc4sc5ccccc5c34)cccc12.c1ccc2c(c1)oc1ccc(-c3nc(-n4c5ccccc5c5c6c7ccccc7sc6c6ccccc6c54)nc4sc5ccccc5c34)cc12. The first-order valence-corrected chi connectivity index (χ1v) is 36.6. The van der Waals surface area contributed by atoms with Crippen LogP contribution in [0.5, 0.6) is 0 Å². The normalized spacial score (nSPS) is 12.4. The van der Waals surface area contributed by atoms with Crippen LogP contribution in [0, 0.1) is 0 Å². The second kappa shape index (κ2) is 20.7. The molecule has 12 heteroatoms. The molecule has 0 saturated heterocycles. The highest BCUT2D eigenvalue weighted by Crippen LogP contribution is 2.52. The lowest BCUT2D eigenvalue weighted by Gasteiger charge is -2.12. The van der Waals surface area contributed by atoms with Gasteiger partial charge in [-0.3, -0.25) is 9.13 Å². The molecule has 10 aromatic heterocycles. The van der Waals surface area contributed by atoms with Crippen molar-refractivity contribution in [3.8, 4) is 34.4 Å². The van der Waals surface area contributed by atoms with E-state index in [0.29, 0.717) is 11.9 Å². The molecular weight excluding hydrogens is 1300 g/mol. The van der Waals surface area contributed by atoms with Gasteiger partial charge in [-0.1, -0.05) is 206 Å². The average molecular weight is 1350 g/mol. The van der Waals surface area contributed by atoms with Crippen LogP contribution in [-0.2, 0) is 0 Å². The topological polar surface area (TPSA) is 87.7 Å². The molecule has 0 spiro atoms. The van der Waals surface area contributed by atoms with E-state index in [1.165, 1.54) is 98.2 Å². The summed E-state index contributed by atoms with van der Waals surface area (Å²) in [6.07, 6.45) is 0. The van der Waals surface area contributed by atoms with Gasteiger partial charge in [-0.25, -0.2) is 19.9 Å².